The van der Waals surface area contributed by atoms with E-state index in [0.29, 0.717) is 31.3 Å². The molecule has 0 saturated carbocycles. The molecule has 34 heavy (non-hydrogen) atoms. The van der Waals surface area contributed by atoms with Crippen molar-refractivity contribution in [2.75, 3.05) is 36.5 Å². The molecule has 0 N–H and O–H groups in total. The number of nitrogens with zero attached hydrogens (tertiary/aromatic N) is 6. The normalized spacial score (nSPS) is 15.8. The Morgan fingerprint density at radius 3 is 2.56 bits per heavy atom. The lowest BCUT2D eigenvalue weighted by atomic mass is 10.1. The molecule has 0 radical (unpaired) electrons. The highest BCUT2D eigenvalue weighted by Gasteiger charge is 2.25. The van der Waals surface area contributed by atoms with E-state index in [-0.39, 0.29) is 11.7 Å². The Labute approximate surface area is 198 Å². The summed E-state index contributed by atoms with van der Waals surface area (Å²) in [6.07, 6.45) is 5.07. The number of rotatable bonds is 5. The fourth-order valence-corrected chi connectivity index (χ4v) is 4.11. The number of pyridine rings is 2. The van der Waals surface area contributed by atoms with Gasteiger partial charge in [-0.05, 0) is 42.0 Å². The molecule has 0 unspecified atom stereocenters. The average Bonchev–Trinajstić information content (AvgIpc) is 2.91. The van der Waals surface area contributed by atoms with Gasteiger partial charge in [-0.15, -0.1) is 0 Å². The van der Waals surface area contributed by atoms with Crippen LogP contribution in [0.3, 0.4) is 0 Å². The molecule has 1 atom stereocenters. The van der Waals surface area contributed by atoms with Crippen LogP contribution in [0, 0.1) is 0 Å². The topological polar surface area (TPSA) is 76.4 Å². The van der Waals surface area contributed by atoms with Gasteiger partial charge in [-0.2, -0.15) is 0 Å². The first-order chi connectivity index (χ1) is 16.6. The molecule has 8 nitrogen and oxygen atoms in total. The molecule has 0 aliphatic carbocycles. The number of hydrogen-bond donors (Lipinski definition) is 0. The highest BCUT2D eigenvalue weighted by atomic mass is 16.5. The van der Waals surface area contributed by atoms with Gasteiger partial charge >= 0.3 is 0 Å². The number of anilines is 3. The summed E-state index contributed by atoms with van der Waals surface area (Å²) in [4.78, 5) is 30.1. The van der Waals surface area contributed by atoms with Gasteiger partial charge in [0.05, 0.1) is 18.8 Å². The zero-order valence-electron chi connectivity index (χ0n) is 19.2. The lowest BCUT2D eigenvalue weighted by molar-refractivity contribution is 0.0390. The summed E-state index contributed by atoms with van der Waals surface area (Å²) < 4.78 is 7.69. The molecule has 1 aliphatic rings. The van der Waals surface area contributed by atoms with Gasteiger partial charge in [-0.3, -0.25) is 14.3 Å². The van der Waals surface area contributed by atoms with E-state index in [9.17, 15) is 4.79 Å². The lowest BCUT2D eigenvalue weighted by Crippen LogP contribution is -2.41. The second-order valence-electron chi connectivity index (χ2n) is 8.22. The first-order valence-electron chi connectivity index (χ1n) is 11.2. The zero-order chi connectivity index (χ0) is 23.5. The molecule has 0 amide bonds. The zero-order valence-corrected chi connectivity index (χ0v) is 19.2. The summed E-state index contributed by atoms with van der Waals surface area (Å²) in [5.41, 5.74) is 3.54. The van der Waals surface area contributed by atoms with Crippen LogP contribution < -0.4 is 15.4 Å². The molecule has 4 aromatic rings. The van der Waals surface area contributed by atoms with Gasteiger partial charge < -0.3 is 14.5 Å². The third-order valence-corrected chi connectivity index (χ3v) is 6.08. The molecular formula is C26H26N6O2. The molecule has 5 rings (SSSR count). The molecule has 0 spiro atoms. The van der Waals surface area contributed by atoms with Crippen molar-refractivity contribution in [1.29, 1.82) is 0 Å². The van der Waals surface area contributed by atoms with Crippen LogP contribution >= 0.6 is 0 Å². The van der Waals surface area contributed by atoms with Crippen LogP contribution in [-0.2, 0) is 11.8 Å². The summed E-state index contributed by atoms with van der Waals surface area (Å²) in [7, 11) is 3.76. The molecule has 3 aromatic heterocycles. The van der Waals surface area contributed by atoms with Crippen LogP contribution in [0.1, 0.15) is 11.7 Å². The molecule has 1 aromatic carbocycles. The maximum Gasteiger partial charge on any atom is 0.255 e. The van der Waals surface area contributed by atoms with Gasteiger partial charge in [-0.25, -0.2) is 9.97 Å². The van der Waals surface area contributed by atoms with Crippen LogP contribution in [0.4, 0.5) is 17.5 Å². The minimum Gasteiger partial charge on any atom is -0.370 e. The molecule has 1 aliphatic heterocycles. The standard InChI is InChI=1S/C26H26N6O2/c1-30(24-5-3-4-12-28-24)21-8-6-20(7-9-21)23-18-32(15-16-34-23)26-29-22(17-25(33)31(26)2)19-10-13-27-14-11-19/h3-14,17,23H,15-16,18H2,1-2H3/t23-/m1/s1. The van der Waals surface area contributed by atoms with Gasteiger partial charge in [0.2, 0.25) is 5.95 Å². The van der Waals surface area contributed by atoms with Crippen molar-refractivity contribution in [3.8, 4) is 11.3 Å². The quantitative estimate of drug-likeness (QED) is 0.456. The smallest absolute Gasteiger partial charge is 0.255 e. The van der Waals surface area contributed by atoms with E-state index in [0.717, 1.165) is 22.6 Å². The maximum absolute atomic E-state index is 12.7. The Morgan fingerprint density at radius 1 is 1.03 bits per heavy atom. The highest BCUT2D eigenvalue weighted by molar-refractivity contribution is 5.60. The largest absolute Gasteiger partial charge is 0.370 e. The third-order valence-electron chi connectivity index (χ3n) is 6.08. The van der Waals surface area contributed by atoms with Crippen LogP contribution in [0.15, 0.2) is 84.0 Å². The first kappa shape index (κ1) is 21.8. The minimum absolute atomic E-state index is 0.0956. The Balaban J connectivity index is 1.37. The summed E-state index contributed by atoms with van der Waals surface area (Å²) in [6, 6.07) is 19.5. The molecule has 1 saturated heterocycles. The SMILES string of the molecule is CN(c1ccc([C@H]2CN(c3nc(-c4ccncc4)cc(=O)n3C)CCO2)cc1)c1ccccn1. The number of benzene rings is 1. The van der Waals surface area contributed by atoms with Gasteiger partial charge in [0.25, 0.3) is 5.56 Å². The number of hydrogen-bond acceptors (Lipinski definition) is 7. The Kier molecular flexibility index (Phi) is 6.05. The van der Waals surface area contributed by atoms with E-state index in [4.69, 9.17) is 9.72 Å². The van der Waals surface area contributed by atoms with Crippen LogP contribution in [0.5, 0.6) is 0 Å². The highest BCUT2D eigenvalue weighted by Crippen LogP contribution is 2.28. The van der Waals surface area contributed by atoms with E-state index >= 15 is 0 Å². The lowest BCUT2D eigenvalue weighted by Gasteiger charge is -2.34. The van der Waals surface area contributed by atoms with Crippen molar-refractivity contribution >= 4 is 17.5 Å². The molecule has 172 valence electrons. The van der Waals surface area contributed by atoms with E-state index in [2.05, 4.69) is 39.1 Å². The van der Waals surface area contributed by atoms with E-state index < -0.39 is 0 Å². The summed E-state index contributed by atoms with van der Waals surface area (Å²) in [5.74, 6) is 1.52. The number of morpholine rings is 1. The predicted molar refractivity (Wildman–Crippen MR) is 132 cm³/mol. The van der Waals surface area contributed by atoms with Gasteiger partial charge in [0, 0.05) is 56.5 Å². The fourth-order valence-electron chi connectivity index (χ4n) is 4.11. The van der Waals surface area contributed by atoms with E-state index in [1.165, 1.54) is 0 Å². The van der Waals surface area contributed by atoms with Crippen molar-refractivity contribution in [1.82, 2.24) is 19.5 Å². The Bertz CT molecular complexity index is 1310. The number of ether oxygens (including phenoxy) is 1. The summed E-state index contributed by atoms with van der Waals surface area (Å²) in [6.45, 7) is 1.82. The minimum atomic E-state index is -0.121. The van der Waals surface area contributed by atoms with Gasteiger partial charge in [0.1, 0.15) is 11.9 Å². The molecule has 0 bridgehead atoms. The summed E-state index contributed by atoms with van der Waals surface area (Å²) in [5, 5.41) is 0. The van der Waals surface area contributed by atoms with Gasteiger partial charge in [0.15, 0.2) is 0 Å². The van der Waals surface area contributed by atoms with Crippen molar-refractivity contribution in [2.24, 2.45) is 7.05 Å². The van der Waals surface area contributed by atoms with Gasteiger partial charge in [-0.1, -0.05) is 18.2 Å². The number of aromatic nitrogens is 4. The fraction of sp³-hybridized carbons (Fsp3) is 0.231. The Hall–Kier alpha value is -4.04. The molecule has 4 heterocycles. The second kappa shape index (κ2) is 9.44. The van der Waals surface area contributed by atoms with Crippen molar-refractivity contribution < 1.29 is 4.74 Å². The molecule has 1 fully saturated rings. The van der Waals surface area contributed by atoms with E-state index in [1.54, 1.807) is 36.3 Å². The average molecular weight is 455 g/mol. The van der Waals surface area contributed by atoms with Crippen LogP contribution in [0.2, 0.25) is 0 Å². The molecular weight excluding hydrogens is 428 g/mol. The third kappa shape index (κ3) is 4.40. The second-order valence-corrected chi connectivity index (χ2v) is 8.22. The molecule has 8 heteroatoms. The van der Waals surface area contributed by atoms with Crippen molar-refractivity contribution in [3.05, 3.63) is 95.2 Å². The van der Waals surface area contributed by atoms with Crippen LogP contribution in [-0.4, -0.2) is 46.3 Å². The predicted octanol–water partition coefficient (Wildman–Crippen LogP) is 3.58. The monoisotopic (exact) mass is 454 g/mol. The van der Waals surface area contributed by atoms with Crippen molar-refractivity contribution in [2.45, 2.75) is 6.10 Å². The first-order valence-corrected chi connectivity index (χ1v) is 11.2. The maximum atomic E-state index is 12.7. The summed E-state index contributed by atoms with van der Waals surface area (Å²) >= 11 is 0. The van der Waals surface area contributed by atoms with Crippen molar-refractivity contribution in [3.63, 3.8) is 0 Å². The van der Waals surface area contributed by atoms with Crippen LogP contribution in [0.25, 0.3) is 11.3 Å². The van der Waals surface area contributed by atoms with E-state index in [1.807, 2.05) is 42.3 Å². The Morgan fingerprint density at radius 2 is 1.82 bits per heavy atom.